The van der Waals surface area contributed by atoms with E-state index >= 15 is 0 Å². The number of hydrogen-bond donors (Lipinski definition) is 0. The summed E-state index contributed by atoms with van der Waals surface area (Å²) in [5, 5.41) is 0. The number of hydrogen-bond acceptors (Lipinski definition) is 2. The van der Waals surface area contributed by atoms with Gasteiger partial charge in [-0.05, 0) is 48.2 Å². The Hall–Kier alpha value is -1.77. The van der Waals surface area contributed by atoms with Crippen molar-refractivity contribution >= 4 is 11.6 Å². The fourth-order valence-electron chi connectivity index (χ4n) is 2.42. The Morgan fingerprint density at radius 2 is 1.76 bits per heavy atom. The van der Waals surface area contributed by atoms with Crippen molar-refractivity contribution < 1.29 is 14.0 Å². The van der Waals surface area contributed by atoms with Crippen LogP contribution in [0.3, 0.4) is 0 Å². The van der Waals surface area contributed by atoms with E-state index in [4.69, 9.17) is 0 Å². The Morgan fingerprint density at radius 1 is 1.24 bits per heavy atom. The number of rotatable bonds is 1. The molecule has 1 saturated carbocycles. The second-order valence-electron chi connectivity index (χ2n) is 4.50. The summed E-state index contributed by atoms with van der Waals surface area (Å²) >= 11 is 0. The van der Waals surface area contributed by atoms with E-state index in [1.807, 2.05) is 0 Å². The Balaban J connectivity index is 2.59. The van der Waals surface area contributed by atoms with Crippen molar-refractivity contribution in [3.05, 3.63) is 46.8 Å². The van der Waals surface area contributed by atoms with Gasteiger partial charge in [0.2, 0.25) is 0 Å². The number of Topliss-reactive ketones (excluding diaryl/α,β-unsaturated/α-hetero) is 2. The quantitative estimate of drug-likeness (QED) is 0.551. The summed E-state index contributed by atoms with van der Waals surface area (Å²) in [5.74, 6) is -1.49. The van der Waals surface area contributed by atoms with Crippen LogP contribution in [0.5, 0.6) is 0 Å². The van der Waals surface area contributed by atoms with Gasteiger partial charge in [-0.1, -0.05) is 6.58 Å². The highest BCUT2D eigenvalue weighted by molar-refractivity contribution is 6.22. The van der Waals surface area contributed by atoms with Crippen molar-refractivity contribution in [2.75, 3.05) is 0 Å². The van der Waals surface area contributed by atoms with Crippen LogP contribution in [0.2, 0.25) is 0 Å². The van der Waals surface area contributed by atoms with Gasteiger partial charge in [-0.15, -0.1) is 0 Å². The van der Waals surface area contributed by atoms with Crippen LogP contribution in [0.1, 0.15) is 29.0 Å². The third kappa shape index (κ3) is 1.82. The molecule has 17 heavy (non-hydrogen) atoms. The average Bonchev–Trinajstić information content (AvgIpc) is 2.43. The molecule has 1 unspecified atom stereocenters. The molecule has 88 valence electrons. The predicted octanol–water partition coefficient (Wildman–Crippen LogP) is 2.62. The van der Waals surface area contributed by atoms with E-state index in [0.29, 0.717) is 22.3 Å². The Bertz CT molecular complexity index is 520. The van der Waals surface area contributed by atoms with E-state index in [-0.39, 0.29) is 23.8 Å². The lowest BCUT2D eigenvalue weighted by Crippen LogP contribution is -2.15. The summed E-state index contributed by atoms with van der Waals surface area (Å²) in [4.78, 5) is 23.7. The molecule has 0 heterocycles. The molecule has 2 rings (SSSR count). The summed E-state index contributed by atoms with van der Waals surface area (Å²) in [6, 6.07) is 2.70. The summed E-state index contributed by atoms with van der Waals surface area (Å²) in [7, 11) is 0. The smallest absolute Gasteiger partial charge is 0.173 e. The molecule has 0 aliphatic heterocycles. The first kappa shape index (κ1) is 11.7. The lowest BCUT2D eigenvalue weighted by molar-refractivity contribution is -0.123. The summed E-state index contributed by atoms with van der Waals surface area (Å²) in [6.45, 7) is 7.02. The average molecular weight is 232 g/mol. The first-order valence-corrected chi connectivity index (χ1v) is 5.43. The van der Waals surface area contributed by atoms with Gasteiger partial charge < -0.3 is 0 Å². The minimum atomic E-state index is -0.775. The number of allylic oxidation sites excluding steroid dienone is 1. The maximum Gasteiger partial charge on any atom is 0.173 e. The van der Waals surface area contributed by atoms with Gasteiger partial charge in [0.1, 0.15) is 11.7 Å². The monoisotopic (exact) mass is 232 g/mol. The molecule has 1 atom stereocenters. The number of carbonyl (C=O) groups excluding carboxylic acids is 2. The molecule has 3 heteroatoms. The predicted molar refractivity (Wildman–Crippen MR) is 62.4 cm³/mol. The van der Waals surface area contributed by atoms with Crippen LogP contribution in [-0.4, -0.2) is 11.6 Å². The molecule has 0 spiro atoms. The third-order valence-corrected chi connectivity index (χ3v) is 3.17. The summed E-state index contributed by atoms with van der Waals surface area (Å²) < 4.78 is 13.2. The molecule has 1 aliphatic rings. The molecular formula is C14H13FO2. The second-order valence-corrected chi connectivity index (χ2v) is 4.50. The maximum absolute atomic E-state index is 13.2. The molecule has 0 radical (unpaired) electrons. The fraction of sp³-hybridized carbons (Fsp3) is 0.286. The number of carbonyl (C=O) groups is 2. The lowest BCUT2D eigenvalue weighted by atomic mass is 9.88. The molecule has 1 aromatic rings. The maximum atomic E-state index is 13.2. The fourth-order valence-corrected chi connectivity index (χ4v) is 2.42. The first-order valence-electron chi connectivity index (χ1n) is 5.43. The highest BCUT2D eigenvalue weighted by atomic mass is 19.1. The molecule has 0 saturated heterocycles. The molecule has 0 aromatic heterocycles. The third-order valence-electron chi connectivity index (χ3n) is 3.17. The molecular weight excluding hydrogens is 219 g/mol. The van der Waals surface area contributed by atoms with Crippen molar-refractivity contribution in [2.45, 2.75) is 26.2 Å². The van der Waals surface area contributed by atoms with Gasteiger partial charge in [-0.2, -0.15) is 0 Å². The van der Waals surface area contributed by atoms with Crippen LogP contribution in [0.25, 0.3) is 0 Å². The van der Waals surface area contributed by atoms with E-state index < -0.39 is 5.92 Å². The largest absolute Gasteiger partial charge is 0.298 e. The number of benzene rings is 1. The number of ketones is 2. The van der Waals surface area contributed by atoms with E-state index in [2.05, 4.69) is 6.58 Å². The minimum absolute atomic E-state index is 0.111. The van der Waals surface area contributed by atoms with Crippen molar-refractivity contribution in [2.24, 2.45) is 0 Å². The van der Waals surface area contributed by atoms with Gasteiger partial charge >= 0.3 is 0 Å². The standard InChI is InChI=1S/C14H13FO2/c1-7-4-10(15)5-8(2)12(7)13-11(16)6-9(3)14(13)17/h4-5,13H,3,6H2,1-2H3. The highest BCUT2D eigenvalue weighted by Crippen LogP contribution is 2.34. The van der Waals surface area contributed by atoms with Gasteiger partial charge in [0.15, 0.2) is 11.6 Å². The molecule has 1 fully saturated rings. The van der Waals surface area contributed by atoms with Crippen LogP contribution in [0, 0.1) is 19.7 Å². The summed E-state index contributed by atoms with van der Waals surface area (Å²) in [5.41, 5.74) is 2.27. The zero-order chi connectivity index (χ0) is 12.7. The minimum Gasteiger partial charge on any atom is -0.298 e. The van der Waals surface area contributed by atoms with Crippen LogP contribution in [-0.2, 0) is 9.59 Å². The van der Waals surface area contributed by atoms with Crippen LogP contribution >= 0.6 is 0 Å². The van der Waals surface area contributed by atoms with Gasteiger partial charge in [0.05, 0.1) is 0 Å². The van der Waals surface area contributed by atoms with Crippen molar-refractivity contribution in [1.82, 2.24) is 0 Å². The van der Waals surface area contributed by atoms with Gasteiger partial charge in [-0.25, -0.2) is 4.39 Å². The highest BCUT2D eigenvalue weighted by Gasteiger charge is 2.38. The Labute approximate surface area is 99.1 Å². The molecule has 2 nitrogen and oxygen atoms in total. The van der Waals surface area contributed by atoms with Crippen LogP contribution in [0.15, 0.2) is 24.3 Å². The van der Waals surface area contributed by atoms with Crippen LogP contribution < -0.4 is 0 Å². The first-order chi connectivity index (χ1) is 7.91. The zero-order valence-corrected chi connectivity index (χ0v) is 9.84. The van der Waals surface area contributed by atoms with Gasteiger partial charge in [0.25, 0.3) is 0 Å². The lowest BCUT2D eigenvalue weighted by Gasteiger charge is -2.14. The molecule has 0 N–H and O–H groups in total. The van der Waals surface area contributed by atoms with Crippen molar-refractivity contribution in [3.8, 4) is 0 Å². The Kier molecular flexibility index (Phi) is 2.69. The van der Waals surface area contributed by atoms with E-state index in [1.54, 1.807) is 13.8 Å². The molecule has 1 aromatic carbocycles. The van der Waals surface area contributed by atoms with E-state index in [0.717, 1.165) is 0 Å². The Morgan fingerprint density at radius 3 is 2.18 bits per heavy atom. The van der Waals surface area contributed by atoms with Gasteiger partial charge in [-0.3, -0.25) is 9.59 Å². The number of aryl methyl sites for hydroxylation is 2. The number of halogens is 1. The van der Waals surface area contributed by atoms with Crippen molar-refractivity contribution in [3.63, 3.8) is 0 Å². The van der Waals surface area contributed by atoms with Gasteiger partial charge in [0, 0.05) is 6.42 Å². The molecule has 0 bridgehead atoms. The topological polar surface area (TPSA) is 34.1 Å². The van der Waals surface area contributed by atoms with Crippen molar-refractivity contribution in [1.29, 1.82) is 0 Å². The van der Waals surface area contributed by atoms with E-state index in [9.17, 15) is 14.0 Å². The summed E-state index contributed by atoms with van der Waals surface area (Å²) in [6.07, 6.45) is 0.111. The molecule has 0 amide bonds. The SMILES string of the molecule is C=C1CC(=O)C(c2c(C)cc(F)cc2C)C1=O. The van der Waals surface area contributed by atoms with Crippen LogP contribution in [0.4, 0.5) is 4.39 Å². The molecule has 1 aliphatic carbocycles. The van der Waals surface area contributed by atoms with E-state index in [1.165, 1.54) is 12.1 Å². The normalized spacial score (nSPS) is 20.2. The second kappa shape index (κ2) is 3.91. The zero-order valence-electron chi connectivity index (χ0n) is 9.84.